The van der Waals surface area contributed by atoms with E-state index in [4.69, 9.17) is 0 Å². The van der Waals surface area contributed by atoms with E-state index in [1.807, 2.05) is 6.92 Å². The van der Waals surface area contributed by atoms with Gasteiger partial charge in [-0.1, -0.05) is 13.8 Å². The van der Waals surface area contributed by atoms with Crippen LogP contribution in [0.15, 0.2) is 0 Å². The number of hydrogen-bond donors (Lipinski definition) is 4. The van der Waals surface area contributed by atoms with Crippen molar-refractivity contribution >= 4 is 5.78 Å². The van der Waals surface area contributed by atoms with E-state index in [0.717, 1.165) is 38.5 Å². The van der Waals surface area contributed by atoms with E-state index in [2.05, 4.69) is 6.92 Å². The summed E-state index contributed by atoms with van der Waals surface area (Å²) in [5, 5.41) is 41.9. The first-order valence-electron chi connectivity index (χ1n) is 10.4. The highest BCUT2D eigenvalue weighted by Gasteiger charge is 2.68. The molecule has 4 aliphatic rings. The topological polar surface area (TPSA) is 98.0 Å². The third-order valence-electron chi connectivity index (χ3n) is 9.33. The lowest BCUT2D eigenvalue weighted by molar-refractivity contribution is -0.202. The monoisotopic (exact) mass is 366 g/mol. The smallest absolute Gasteiger partial charge is 0.190 e. The van der Waals surface area contributed by atoms with Crippen molar-refractivity contribution in [2.45, 2.75) is 83.0 Å². The summed E-state index contributed by atoms with van der Waals surface area (Å²) in [6.45, 7) is 3.61. The molecule has 0 aliphatic heterocycles. The molecule has 0 spiro atoms. The van der Waals surface area contributed by atoms with Crippen molar-refractivity contribution in [2.75, 3.05) is 6.61 Å². The molecule has 0 radical (unpaired) electrons. The van der Waals surface area contributed by atoms with Gasteiger partial charge in [0.05, 0.1) is 12.2 Å². The summed E-state index contributed by atoms with van der Waals surface area (Å²) in [6.07, 6.45) is 5.48. The summed E-state index contributed by atoms with van der Waals surface area (Å²) in [5.41, 5.74) is -2.14. The Morgan fingerprint density at radius 3 is 2.50 bits per heavy atom. The maximum Gasteiger partial charge on any atom is 0.190 e. The molecule has 0 aromatic rings. The van der Waals surface area contributed by atoms with Gasteiger partial charge in [-0.05, 0) is 80.5 Å². The van der Waals surface area contributed by atoms with Gasteiger partial charge in [0.2, 0.25) is 0 Å². The van der Waals surface area contributed by atoms with E-state index >= 15 is 0 Å². The van der Waals surface area contributed by atoms with Crippen LogP contribution in [0.4, 0.5) is 0 Å². The molecule has 0 saturated heterocycles. The molecule has 4 rings (SSSR count). The van der Waals surface area contributed by atoms with E-state index in [9.17, 15) is 25.2 Å². The van der Waals surface area contributed by atoms with Crippen LogP contribution >= 0.6 is 0 Å². The number of rotatable bonds is 2. The van der Waals surface area contributed by atoms with Gasteiger partial charge in [-0.3, -0.25) is 4.79 Å². The number of carbonyl (C=O) groups is 1. The summed E-state index contributed by atoms with van der Waals surface area (Å²) in [4.78, 5) is 12.4. The lowest BCUT2D eigenvalue weighted by Gasteiger charge is -2.62. The second-order valence-electron chi connectivity index (χ2n) is 10.2. The Balaban J connectivity index is 1.69. The summed E-state index contributed by atoms with van der Waals surface area (Å²) >= 11 is 0. The van der Waals surface area contributed by atoms with E-state index in [1.54, 1.807) is 0 Å². The number of aliphatic hydroxyl groups excluding tert-OH is 3. The molecule has 4 aliphatic carbocycles. The quantitative estimate of drug-likeness (QED) is 0.596. The molecule has 26 heavy (non-hydrogen) atoms. The zero-order valence-electron chi connectivity index (χ0n) is 16.0. The fraction of sp³-hybridized carbons (Fsp3) is 0.952. The Morgan fingerprint density at radius 1 is 1.08 bits per heavy atom. The summed E-state index contributed by atoms with van der Waals surface area (Å²) in [5.74, 6) is 0.653. The number of Topliss-reactive ketones (excluding diaryl/α,β-unsaturated/α-hetero) is 1. The Kier molecular flexibility index (Phi) is 4.35. The molecule has 0 aromatic carbocycles. The van der Waals surface area contributed by atoms with Crippen LogP contribution in [0, 0.1) is 34.5 Å². The normalized spacial score (nSPS) is 56.4. The zero-order chi connectivity index (χ0) is 18.9. The minimum absolute atomic E-state index is 0.0323. The van der Waals surface area contributed by atoms with Gasteiger partial charge in [-0.15, -0.1) is 0 Å². The molecule has 9 unspecified atom stereocenters. The van der Waals surface area contributed by atoms with Crippen LogP contribution in [0.3, 0.4) is 0 Å². The standard InChI is InChI=1S/C21H34O5/c1-19-7-5-13(23)9-12(19)3-4-14-15-6-8-21(26,17(25)11-22)20(15,2)10-16(24)18(14)19/h12-16,18,22-24,26H,3-11H2,1-2H3. The molecule has 0 bridgehead atoms. The number of ketones is 1. The molecule has 4 fully saturated rings. The Hall–Kier alpha value is -0.490. The number of hydrogen-bond acceptors (Lipinski definition) is 5. The third-order valence-corrected chi connectivity index (χ3v) is 9.33. The minimum atomic E-state index is -1.52. The van der Waals surface area contributed by atoms with Crippen LogP contribution in [-0.2, 0) is 4.79 Å². The van der Waals surface area contributed by atoms with Gasteiger partial charge in [0.25, 0.3) is 0 Å². The van der Waals surface area contributed by atoms with Crippen molar-refractivity contribution in [1.82, 2.24) is 0 Å². The fourth-order valence-corrected chi connectivity index (χ4v) is 7.95. The van der Waals surface area contributed by atoms with Gasteiger partial charge >= 0.3 is 0 Å². The SMILES string of the molecule is CC12CCC(O)CC1CCC1C2C(O)CC2(C)C1CCC2(O)C(=O)CO. The Bertz CT molecular complexity index is 593. The second kappa shape index (κ2) is 6.00. The lowest BCUT2D eigenvalue weighted by atomic mass is 9.43. The first-order chi connectivity index (χ1) is 12.2. The average Bonchev–Trinajstić information content (AvgIpc) is 2.86. The molecule has 5 nitrogen and oxygen atoms in total. The molecule has 0 heterocycles. The highest BCUT2D eigenvalue weighted by atomic mass is 16.3. The van der Waals surface area contributed by atoms with Crippen molar-refractivity contribution in [3.8, 4) is 0 Å². The molecule has 9 atom stereocenters. The Morgan fingerprint density at radius 2 is 1.81 bits per heavy atom. The highest BCUT2D eigenvalue weighted by Crippen LogP contribution is 2.68. The van der Waals surface area contributed by atoms with E-state index in [1.165, 1.54) is 0 Å². The molecule has 0 aromatic heterocycles. The van der Waals surface area contributed by atoms with Gasteiger partial charge < -0.3 is 20.4 Å². The van der Waals surface area contributed by atoms with Gasteiger partial charge in [-0.25, -0.2) is 0 Å². The van der Waals surface area contributed by atoms with Crippen LogP contribution in [0.1, 0.15) is 65.2 Å². The zero-order valence-corrected chi connectivity index (χ0v) is 16.0. The lowest BCUT2D eigenvalue weighted by Crippen LogP contribution is -2.63. The predicted molar refractivity (Wildman–Crippen MR) is 96.2 cm³/mol. The number of fused-ring (bicyclic) bond motifs is 5. The van der Waals surface area contributed by atoms with Crippen LogP contribution in [0.25, 0.3) is 0 Å². The molecular formula is C21H34O5. The Labute approximate surface area is 155 Å². The molecule has 4 N–H and O–H groups in total. The molecule has 148 valence electrons. The average molecular weight is 366 g/mol. The summed E-state index contributed by atoms with van der Waals surface area (Å²) < 4.78 is 0. The van der Waals surface area contributed by atoms with Crippen LogP contribution < -0.4 is 0 Å². The van der Waals surface area contributed by atoms with Crippen LogP contribution in [0.5, 0.6) is 0 Å². The van der Waals surface area contributed by atoms with Crippen molar-refractivity contribution in [2.24, 2.45) is 34.5 Å². The minimum Gasteiger partial charge on any atom is -0.393 e. The van der Waals surface area contributed by atoms with E-state index < -0.39 is 29.5 Å². The first-order valence-corrected chi connectivity index (χ1v) is 10.4. The summed E-state index contributed by atoms with van der Waals surface area (Å²) in [7, 11) is 0. The van der Waals surface area contributed by atoms with Crippen molar-refractivity contribution < 1.29 is 25.2 Å². The van der Waals surface area contributed by atoms with Gasteiger partial charge in [0.1, 0.15) is 12.2 Å². The number of carbonyl (C=O) groups excluding carboxylic acids is 1. The van der Waals surface area contributed by atoms with E-state index in [0.29, 0.717) is 24.7 Å². The molecule has 4 saturated carbocycles. The maximum atomic E-state index is 12.4. The van der Waals surface area contributed by atoms with Gasteiger partial charge in [0.15, 0.2) is 5.78 Å². The summed E-state index contributed by atoms with van der Waals surface area (Å²) in [6, 6.07) is 0. The van der Waals surface area contributed by atoms with Crippen molar-refractivity contribution in [3.63, 3.8) is 0 Å². The fourth-order valence-electron chi connectivity index (χ4n) is 7.95. The molecule has 0 amide bonds. The predicted octanol–water partition coefficient (Wildman–Crippen LogP) is 1.65. The number of aliphatic hydroxyl groups is 4. The van der Waals surface area contributed by atoms with Gasteiger partial charge in [0, 0.05) is 5.41 Å². The van der Waals surface area contributed by atoms with E-state index in [-0.39, 0.29) is 23.4 Å². The highest BCUT2D eigenvalue weighted by molar-refractivity contribution is 5.89. The van der Waals surface area contributed by atoms with Gasteiger partial charge in [-0.2, -0.15) is 0 Å². The maximum absolute atomic E-state index is 12.4. The van der Waals surface area contributed by atoms with Crippen molar-refractivity contribution in [3.05, 3.63) is 0 Å². The largest absolute Gasteiger partial charge is 0.393 e. The van der Waals surface area contributed by atoms with Crippen LogP contribution in [-0.4, -0.2) is 50.6 Å². The molecular weight excluding hydrogens is 332 g/mol. The second-order valence-corrected chi connectivity index (χ2v) is 10.2. The molecule has 5 heteroatoms. The van der Waals surface area contributed by atoms with Crippen LogP contribution in [0.2, 0.25) is 0 Å². The van der Waals surface area contributed by atoms with Crippen molar-refractivity contribution in [1.29, 1.82) is 0 Å². The third kappa shape index (κ3) is 2.27. The first kappa shape index (κ1) is 18.9.